The van der Waals surface area contributed by atoms with Gasteiger partial charge in [-0.15, -0.1) is 0 Å². The molecule has 1 aliphatic rings. The van der Waals surface area contributed by atoms with Gasteiger partial charge in [0.15, 0.2) is 0 Å². The van der Waals surface area contributed by atoms with Crippen LogP contribution in [0.4, 0.5) is 0 Å². The fraction of sp³-hybridized carbons (Fsp3) is 0.684. The molecule has 2 N–H and O–H groups in total. The van der Waals surface area contributed by atoms with Crippen molar-refractivity contribution < 1.29 is 5.11 Å². The van der Waals surface area contributed by atoms with Crippen LogP contribution in [0.3, 0.4) is 0 Å². The average Bonchev–Trinajstić information content (AvgIpc) is 2.92. The molecule has 0 saturated heterocycles. The first-order valence-corrected chi connectivity index (χ1v) is 8.53. The zero-order chi connectivity index (χ0) is 15.2. The maximum Gasteiger partial charge on any atom is 0.0462 e. The Labute approximate surface area is 130 Å². The Bertz CT molecular complexity index is 412. The lowest BCUT2D eigenvalue weighted by atomic mass is 9.96. The number of nitrogens with one attached hydrogen (secondary N) is 1. The molecule has 1 fully saturated rings. The van der Waals surface area contributed by atoms with Crippen LogP contribution in [0.1, 0.15) is 57.2 Å². The zero-order valence-corrected chi connectivity index (χ0v) is 13.8. The Balaban J connectivity index is 1.84. The molecule has 3 unspecified atom stereocenters. The van der Waals surface area contributed by atoms with Crippen molar-refractivity contribution in [2.75, 3.05) is 13.2 Å². The molecule has 0 amide bonds. The quantitative estimate of drug-likeness (QED) is 0.797. The van der Waals surface area contributed by atoms with Crippen molar-refractivity contribution in [3.63, 3.8) is 0 Å². The molecular formula is C19H31NO. The summed E-state index contributed by atoms with van der Waals surface area (Å²) < 4.78 is 0. The van der Waals surface area contributed by atoms with Crippen LogP contribution < -0.4 is 5.32 Å². The van der Waals surface area contributed by atoms with Gasteiger partial charge in [0.1, 0.15) is 0 Å². The predicted molar refractivity (Wildman–Crippen MR) is 89.3 cm³/mol. The Morgan fingerprint density at radius 1 is 1.10 bits per heavy atom. The van der Waals surface area contributed by atoms with Gasteiger partial charge in [0.25, 0.3) is 0 Å². The summed E-state index contributed by atoms with van der Waals surface area (Å²) >= 11 is 0. The lowest BCUT2D eigenvalue weighted by molar-refractivity contribution is 0.190. The highest BCUT2D eigenvalue weighted by Crippen LogP contribution is 2.31. The predicted octanol–water partition coefficient (Wildman–Crippen LogP) is 3.94. The highest BCUT2D eigenvalue weighted by molar-refractivity contribution is 5.25. The van der Waals surface area contributed by atoms with Gasteiger partial charge in [-0.1, -0.05) is 44.5 Å². The van der Waals surface area contributed by atoms with E-state index in [4.69, 9.17) is 0 Å². The van der Waals surface area contributed by atoms with Crippen LogP contribution in [0.2, 0.25) is 0 Å². The summed E-state index contributed by atoms with van der Waals surface area (Å²) in [6.45, 7) is 8.14. The summed E-state index contributed by atoms with van der Waals surface area (Å²) in [6, 6.07) is 9.43. The Hall–Kier alpha value is -0.860. The molecule has 1 saturated carbocycles. The smallest absolute Gasteiger partial charge is 0.0462 e. The molecule has 0 bridgehead atoms. The Kier molecular flexibility index (Phi) is 6.25. The molecule has 21 heavy (non-hydrogen) atoms. The summed E-state index contributed by atoms with van der Waals surface area (Å²) in [7, 11) is 0. The van der Waals surface area contributed by atoms with Crippen molar-refractivity contribution in [3.8, 4) is 0 Å². The molecule has 0 aliphatic heterocycles. The monoisotopic (exact) mass is 289 g/mol. The fourth-order valence-corrected chi connectivity index (χ4v) is 3.48. The van der Waals surface area contributed by atoms with Crippen molar-refractivity contribution in [1.82, 2.24) is 5.32 Å². The third-order valence-electron chi connectivity index (χ3n) is 4.86. The summed E-state index contributed by atoms with van der Waals surface area (Å²) in [5, 5.41) is 13.0. The van der Waals surface area contributed by atoms with E-state index in [-0.39, 0.29) is 0 Å². The van der Waals surface area contributed by atoms with Crippen molar-refractivity contribution >= 4 is 0 Å². The number of aliphatic hydroxyl groups excluding tert-OH is 1. The maximum atomic E-state index is 9.39. The van der Waals surface area contributed by atoms with Crippen LogP contribution in [-0.4, -0.2) is 18.3 Å². The highest BCUT2D eigenvalue weighted by atomic mass is 16.3. The number of hydrogen-bond acceptors (Lipinski definition) is 2. The molecule has 2 rings (SSSR count). The molecule has 0 spiro atoms. The Morgan fingerprint density at radius 3 is 2.38 bits per heavy atom. The summed E-state index contributed by atoms with van der Waals surface area (Å²) in [6.07, 6.45) is 4.89. The first-order chi connectivity index (χ1) is 10.1. The van der Waals surface area contributed by atoms with Gasteiger partial charge >= 0.3 is 0 Å². The van der Waals surface area contributed by atoms with E-state index in [1.807, 2.05) is 0 Å². The van der Waals surface area contributed by atoms with Crippen LogP contribution in [0.15, 0.2) is 24.3 Å². The summed E-state index contributed by atoms with van der Waals surface area (Å²) in [5.41, 5.74) is 2.79. The zero-order valence-electron chi connectivity index (χ0n) is 13.8. The van der Waals surface area contributed by atoms with E-state index < -0.39 is 0 Å². The van der Waals surface area contributed by atoms with E-state index in [1.54, 1.807) is 0 Å². The number of rotatable bonds is 7. The Morgan fingerprint density at radius 2 is 1.76 bits per heavy atom. The minimum absolute atomic E-state index is 0.352. The second-order valence-electron chi connectivity index (χ2n) is 7.10. The van der Waals surface area contributed by atoms with Crippen molar-refractivity contribution in [2.24, 2.45) is 17.8 Å². The molecule has 1 aromatic rings. The molecule has 2 heteroatoms. The first kappa shape index (κ1) is 16.5. The minimum Gasteiger partial charge on any atom is -0.396 e. The fourth-order valence-electron chi connectivity index (χ4n) is 3.48. The standard InChI is InChI=1S/C19H31NO/c1-14(2)11-16-7-9-17(10-8-16)15(3)20-12-18-5-4-6-19(18)13-21/h7-10,14-15,18-21H,4-6,11-13H2,1-3H3. The van der Waals surface area contributed by atoms with Crippen molar-refractivity contribution in [1.29, 1.82) is 0 Å². The lowest BCUT2D eigenvalue weighted by Gasteiger charge is -2.21. The van der Waals surface area contributed by atoms with Crippen LogP contribution in [0.25, 0.3) is 0 Å². The van der Waals surface area contributed by atoms with Crippen molar-refractivity contribution in [2.45, 2.75) is 52.5 Å². The molecule has 0 heterocycles. The van der Waals surface area contributed by atoms with Gasteiger partial charge in [0.2, 0.25) is 0 Å². The number of hydrogen-bond donors (Lipinski definition) is 2. The van der Waals surface area contributed by atoms with Gasteiger partial charge in [-0.3, -0.25) is 0 Å². The highest BCUT2D eigenvalue weighted by Gasteiger charge is 2.26. The topological polar surface area (TPSA) is 32.3 Å². The van der Waals surface area contributed by atoms with Gasteiger partial charge in [-0.2, -0.15) is 0 Å². The van der Waals surface area contributed by atoms with E-state index >= 15 is 0 Å². The number of benzene rings is 1. The minimum atomic E-state index is 0.352. The molecule has 0 radical (unpaired) electrons. The van der Waals surface area contributed by atoms with Crippen LogP contribution in [0.5, 0.6) is 0 Å². The molecule has 118 valence electrons. The van der Waals surface area contributed by atoms with Gasteiger partial charge in [-0.25, -0.2) is 0 Å². The molecular weight excluding hydrogens is 258 g/mol. The third-order valence-corrected chi connectivity index (χ3v) is 4.86. The molecule has 0 aromatic heterocycles. The van der Waals surface area contributed by atoms with E-state index in [0.29, 0.717) is 30.4 Å². The molecule has 1 aliphatic carbocycles. The van der Waals surface area contributed by atoms with Crippen molar-refractivity contribution in [3.05, 3.63) is 35.4 Å². The van der Waals surface area contributed by atoms with Gasteiger partial charge < -0.3 is 10.4 Å². The van der Waals surface area contributed by atoms with Gasteiger partial charge in [-0.05, 0) is 61.6 Å². The summed E-state index contributed by atoms with van der Waals surface area (Å²) in [4.78, 5) is 0. The van der Waals surface area contributed by atoms with E-state index in [1.165, 1.54) is 30.4 Å². The van der Waals surface area contributed by atoms with Gasteiger partial charge in [0.05, 0.1) is 0 Å². The SMILES string of the molecule is CC(C)Cc1ccc(C(C)NCC2CCCC2CO)cc1. The van der Waals surface area contributed by atoms with E-state index in [9.17, 15) is 5.11 Å². The largest absolute Gasteiger partial charge is 0.396 e. The maximum absolute atomic E-state index is 9.39. The van der Waals surface area contributed by atoms with Crippen LogP contribution in [-0.2, 0) is 6.42 Å². The lowest BCUT2D eigenvalue weighted by Crippen LogP contribution is -2.28. The van der Waals surface area contributed by atoms with Crippen LogP contribution >= 0.6 is 0 Å². The second-order valence-corrected chi connectivity index (χ2v) is 7.10. The molecule has 1 aromatic carbocycles. The van der Waals surface area contributed by atoms with E-state index in [2.05, 4.69) is 50.4 Å². The third kappa shape index (κ3) is 4.82. The first-order valence-electron chi connectivity index (χ1n) is 8.53. The average molecular weight is 289 g/mol. The number of aliphatic hydroxyl groups is 1. The van der Waals surface area contributed by atoms with E-state index in [0.717, 1.165) is 13.0 Å². The summed E-state index contributed by atoms with van der Waals surface area (Å²) in [5.74, 6) is 1.87. The normalized spacial score (nSPS) is 23.7. The van der Waals surface area contributed by atoms with Crippen LogP contribution in [0, 0.1) is 17.8 Å². The van der Waals surface area contributed by atoms with Gasteiger partial charge in [0, 0.05) is 12.6 Å². The molecule has 2 nitrogen and oxygen atoms in total. The second kappa shape index (κ2) is 7.95. The molecule has 3 atom stereocenters.